The van der Waals surface area contributed by atoms with E-state index in [4.69, 9.17) is 5.73 Å². The van der Waals surface area contributed by atoms with E-state index >= 15 is 0 Å². The molecule has 16 heavy (non-hydrogen) atoms. The Labute approximate surface area is 101 Å². The Morgan fingerprint density at radius 1 is 1.31 bits per heavy atom. The van der Waals surface area contributed by atoms with E-state index in [1.165, 1.54) is 12.1 Å². The molecule has 0 bridgehead atoms. The minimum Gasteiger partial charge on any atom is -0.330 e. The number of nitrogens with zero attached hydrogens (tertiary/aromatic N) is 2. The Morgan fingerprint density at radius 2 is 2.00 bits per heavy atom. The molecule has 2 rings (SSSR count). The van der Waals surface area contributed by atoms with Crippen LogP contribution >= 0.6 is 15.9 Å². The van der Waals surface area contributed by atoms with E-state index in [9.17, 15) is 4.39 Å². The molecule has 0 aliphatic carbocycles. The number of rotatable bonds is 3. The molecule has 0 spiro atoms. The van der Waals surface area contributed by atoms with Gasteiger partial charge in [-0.15, -0.1) is 0 Å². The van der Waals surface area contributed by atoms with Crippen LogP contribution in [0.4, 0.5) is 4.39 Å². The van der Waals surface area contributed by atoms with Crippen LogP contribution in [0.3, 0.4) is 0 Å². The van der Waals surface area contributed by atoms with Gasteiger partial charge in [0.1, 0.15) is 10.4 Å². The average Bonchev–Trinajstić information content (AvgIpc) is 2.63. The molecule has 0 aliphatic heterocycles. The van der Waals surface area contributed by atoms with Crippen LogP contribution in [0.1, 0.15) is 5.56 Å². The van der Waals surface area contributed by atoms with Gasteiger partial charge in [-0.1, -0.05) is 0 Å². The predicted molar refractivity (Wildman–Crippen MR) is 64.0 cm³/mol. The lowest BCUT2D eigenvalue weighted by Gasteiger charge is -2.03. The highest BCUT2D eigenvalue weighted by atomic mass is 79.9. The molecule has 0 saturated heterocycles. The van der Waals surface area contributed by atoms with Crippen LogP contribution in [0.25, 0.3) is 5.69 Å². The highest BCUT2D eigenvalue weighted by Gasteiger charge is 2.08. The summed E-state index contributed by atoms with van der Waals surface area (Å²) in [6.07, 6.45) is 2.53. The van der Waals surface area contributed by atoms with E-state index in [-0.39, 0.29) is 5.82 Å². The molecule has 0 aliphatic rings. The first-order chi connectivity index (χ1) is 7.72. The summed E-state index contributed by atoms with van der Waals surface area (Å²) >= 11 is 3.46. The highest BCUT2D eigenvalue weighted by molar-refractivity contribution is 9.10. The molecular formula is C11H11BrFN3. The minimum atomic E-state index is -0.255. The van der Waals surface area contributed by atoms with Crippen LogP contribution in [0, 0.1) is 5.82 Å². The van der Waals surface area contributed by atoms with Gasteiger partial charge in [-0.2, -0.15) is 5.10 Å². The molecule has 3 nitrogen and oxygen atoms in total. The van der Waals surface area contributed by atoms with E-state index in [1.54, 1.807) is 23.0 Å². The number of halogens is 2. The van der Waals surface area contributed by atoms with E-state index in [1.807, 2.05) is 0 Å². The number of nitrogens with two attached hydrogens (primary N) is 1. The second-order valence-corrected chi connectivity index (χ2v) is 4.14. The number of hydrogen-bond acceptors (Lipinski definition) is 2. The first-order valence-corrected chi connectivity index (χ1v) is 5.70. The van der Waals surface area contributed by atoms with Crippen molar-refractivity contribution in [1.82, 2.24) is 9.78 Å². The predicted octanol–water partition coefficient (Wildman–Crippen LogP) is 2.28. The summed E-state index contributed by atoms with van der Waals surface area (Å²) in [6, 6.07) is 6.18. The van der Waals surface area contributed by atoms with Crippen molar-refractivity contribution in [3.63, 3.8) is 0 Å². The molecule has 0 atom stereocenters. The van der Waals surface area contributed by atoms with Crippen LogP contribution in [-0.2, 0) is 6.42 Å². The summed E-state index contributed by atoms with van der Waals surface area (Å²) in [7, 11) is 0. The van der Waals surface area contributed by atoms with Gasteiger partial charge < -0.3 is 5.73 Å². The van der Waals surface area contributed by atoms with E-state index in [0.29, 0.717) is 6.54 Å². The van der Waals surface area contributed by atoms with Gasteiger partial charge >= 0.3 is 0 Å². The van der Waals surface area contributed by atoms with Crippen molar-refractivity contribution in [3.8, 4) is 5.69 Å². The first kappa shape index (κ1) is 11.3. The zero-order chi connectivity index (χ0) is 11.5. The van der Waals surface area contributed by atoms with E-state index < -0.39 is 0 Å². The van der Waals surface area contributed by atoms with Gasteiger partial charge in [0.25, 0.3) is 0 Å². The zero-order valence-electron chi connectivity index (χ0n) is 8.53. The molecule has 1 aromatic carbocycles. The highest BCUT2D eigenvalue weighted by Crippen LogP contribution is 2.21. The summed E-state index contributed by atoms with van der Waals surface area (Å²) in [5, 5.41) is 4.23. The van der Waals surface area contributed by atoms with Crippen molar-refractivity contribution < 1.29 is 4.39 Å². The summed E-state index contributed by atoms with van der Waals surface area (Å²) in [5.41, 5.74) is 7.35. The van der Waals surface area contributed by atoms with E-state index in [0.717, 1.165) is 22.3 Å². The molecule has 1 heterocycles. The second kappa shape index (κ2) is 4.76. The third-order valence-electron chi connectivity index (χ3n) is 2.26. The van der Waals surface area contributed by atoms with Gasteiger partial charge in [0.15, 0.2) is 0 Å². The molecule has 2 N–H and O–H groups in total. The van der Waals surface area contributed by atoms with Crippen LogP contribution < -0.4 is 5.73 Å². The molecule has 0 unspecified atom stereocenters. The maximum atomic E-state index is 12.8. The fraction of sp³-hybridized carbons (Fsp3) is 0.182. The lowest BCUT2D eigenvalue weighted by atomic mass is 10.2. The van der Waals surface area contributed by atoms with Gasteiger partial charge in [-0.3, -0.25) is 0 Å². The van der Waals surface area contributed by atoms with Gasteiger partial charge in [0.2, 0.25) is 0 Å². The molecule has 2 aromatic rings. The Balaban J connectivity index is 2.37. The van der Waals surface area contributed by atoms with Gasteiger partial charge in [-0.25, -0.2) is 9.07 Å². The standard InChI is InChI=1S/C11H11BrFN3/c12-11-8(5-6-14)7-15-16(11)10-3-1-9(13)2-4-10/h1-4,7H,5-6,14H2. The molecule has 0 saturated carbocycles. The van der Waals surface area contributed by atoms with Crippen LogP contribution in [0.5, 0.6) is 0 Å². The molecule has 5 heteroatoms. The smallest absolute Gasteiger partial charge is 0.123 e. The van der Waals surface area contributed by atoms with Crippen molar-refractivity contribution in [2.45, 2.75) is 6.42 Å². The molecule has 0 amide bonds. The van der Waals surface area contributed by atoms with Crippen molar-refractivity contribution in [2.75, 3.05) is 6.54 Å². The van der Waals surface area contributed by atoms with Gasteiger partial charge in [0.05, 0.1) is 11.9 Å². The topological polar surface area (TPSA) is 43.8 Å². The van der Waals surface area contributed by atoms with Crippen molar-refractivity contribution in [1.29, 1.82) is 0 Å². The maximum Gasteiger partial charge on any atom is 0.123 e. The Hall–Kier alpha value is -1.20. The first-order valence-electron chi connectivity index (χ1n) is 4.91. The van der Waals surface area contributed by atoms with Gasteiger partial charge in [-0.05, 0) is 53.2 Å². The SMILES string of the molecule is NCCc1cnn(-c2ccc(F)cc2)c1Br. The fourth-order valence-corrected chi connectivity index (χ4v) is 2.05. The second-order valence-electron chi connectivity index (χ2n) is 3.39. The maximum absolute atomic E-state index is 12.8. The molecule has 0 fully saturated rings. The van der Waals surface area contributed by atoms with Crippen LogP contribution in [0.2, 0.25) is 0 Å². The van der Waals surface area contributed by atoms with Crippen molar-refractivity contribution in [2.24, 2.45) is 5.73 Å². The normalized spacial score (nSPS) is 10.7. The molecule has 84 valence electrons. The summed E-state index contributed by atoms with van der Waals surface area (Å²) in [5.74, 6) is -0.255. The Kier molecular flexibility index (Phi) is 3.36. The number of aromatic nitrogens is 2. The van der Waals surface area contributed by atoms with Crippen molar-refractivity contribution >= 4 is 15.9 Å². The number of hydrogen-bond donors (Lipinski definition) is 1. The zero-order valence-corrected chi connectivity index (χ0v) is 10.1. The lowest BCUT2D eigenvalue weighted by molar-refractivity contribution is 0.627. The lowest BCUT2D eigenvalue weighted by Crippen LogP contribution is -2.03. The van der Waals surface area contributed by atoms with E-state index in [2.05, 4.69) is 21.0 Å². The third kappa shape index (κ3) is 2.15. The molecule has 0 radical (unpaired) electrons. The minimum absolute atomic E-state index is 0.255. The van der Waals surface area contributed by atoms with Crippen LogP contribution in [-0.4, -0.2) is 16.3 Å². The fourth-order valence-electron chi connectivity index (χ4n) is 1.45. The summed E-state index contributed by atoms with van der Waals surface area (Å²) in [4.78, 5) is 0. The van der Waals surface area contributed by atoms with Crippen molar-refractivity contribution in [3.05, 3.63) is 46.4 Å². The Bertz CT molecular complexity index is 478. The monoisotopic (exact) mass is 283 g/mol. The molecule has 1 aromatic heterocycles. The largest absolute Gasteiger partial charge is 0.330 e. The summed E-state index contributed by atoms with van der Waals surface area (Å²) in [6.45, 7) is 0.577. The van der Waals surface area contributed by atoms with Crippen LogP contribution in [0.15, 0.2) is 35.1 Å². The average molecular weight is 284 g/mol. The van der Waals surface area contributed by atoms with Gasteiger partial charge in [0, 0.05) is 5.56 Å². The number of benzene rings is 1. The third-order valence-corrected chi connectivity index (χ3v) is 3.11. The Morgan fingerprint density at radius 3 is 2.62 bits per heavy atom. The summed E-state index contributed by atoms with van der Waals surface area (Å²) < 4.78 is 15.3. The molecular weight excluding hydrogens is 273 g/mol. The quantitative estimate of drug-likeness (QED) is 0.939.